The van der Waals surface area contributed by atoms with E-state index in [4.69, 9.17) is 0 Å². The van der Waals surface area contributed by atoms with Gasteiger partial charge in [-0.2, -0.15) is 0 Å². The highest BCUT2D eigenvalue weighted by Gasteiger charge is 2.20. The van der Waals surface area contributed by atoms with Crippen LogP contribution in [0.5, 0.6) is 0 Å². The minimum Gasteiger partial charge on any atom is -0.349 e. The first-order chi connectivity index (χ1) is 12.9. The first-order valence-corrected chi connectivity index (χ1v) is 10.8. The van der Waals surface area contributed by atoms with Gasteiger partial charge in [0.15, 0.2) is 0 Å². The Balaban J connectivity index is 1.80. The van der Waals surface area contributed by atoms with E-state index in [9.17, 15) is 13.2 Å². The molecule has 27 heavy (non-hydrogen) atoms. The summed E-state index contributed by atoms with van der Waals surface area (Å²) in [5.74, 6) is -0.217. The highest BCUT2D eigenvalue weighted by Crippen LogP contribution is 2.24. The third-order valence-electron chi connectivity index (χ3n) is 5.06. The fraction of sp³-hybridized carbons (Fsp3) is 0.381. The first-order valence-electron chi connectivity index (χ1n) is 9.37. The fourth-order valence-corrected chi connectivity index (χ4v) is 4.74. The number of aryl methyl sites for hydroxylation is 2. The number of hydrogen-bond donors (Lipinski definition) is 2. The predicted molar refractivity (Wildman–Crippen MR) is 108 cm³/mol. The van der Waals surface area contributed by atoms with E-state index in [2.05, 4.69) is 10.0 Å². The van der Waals surface area contributed by atoms with Crippen LogP contribution in [0.25, 0.3) is 0 Å². The minimum absolute atomic E-state index is 0.0847. The largest absolute Gasteiger partial charge is 0.349 e. The van der Waals surface area contributed by atoms with E-state index >= 15 is 0 Å². The molecule has 0 aliphatic heterocycles. The topological polar surface area (TPSA) is 75.3 Å². The maximum absolute atomic E-state index is 12.8. The molecule has 0 saturated heterocycles. The zero-order chi connectivity index (χ0) is 19.4. The number of amides is 1. The highest BCUT2D eigenvalue weighted by molar-refractivity contribution is 7.92. The van der Waals surface area contributed by atoms with Gasteiger partial charge < -0.3 is 5.32 Å². The van der Waals surface area contributed by atoms with E-state index in [-0.39, 0.29) is 16.8 Å². The van der Waals surface area contributed by atoms with Gasteiger partial charge in [0.25, 0.3) is 15.9 Å². The second-order valence-corrected chi connectivity index (χ2v) is 8.89. The molecule has 0 aromatic heterocycles. The quantitative estimate of drug-likeness (QED) is 0.810. The van der Waals surface area contributed by atoms with E-state index in [0.29, 0.717) is 11.3 Å². The minimum atomic E-state index is -3.78. The van der Waals surface area contributed by atoms with Gasteiger partial charge in [0.2, 0.25) is 0 Å². The lowest BCUT2D eigenvalue weighted by atomic mass is 9.95. The normalized spacial score (nSPS) is 15.3. The lowest BCUT2D eigenvalue weighted by Gasteiger charge is -2.22. The Bertz CT molecular complexity index is 912. The number of carbonyl (C=O) groups excluding carboxylic acids is 1. The number of sulfonamides is 1. The van der Waals surface area contributed by atoms with Gasteiger partial charge in [0.05, 0.1) is 10.6 Å². The van der Waals surface area contributed by atoms with Crippen LogP contribution in [0, 0.1) is 13.8 Å². The number of nitrogens with one attached hydrogen (secondary N) is 2. The van der Waals surface area contributed by atoms with Crippen molar-refractivity contribution in [1.82, 2.24) is 5.32 Å². The van der Waals surface area contributed by atoms with Gasteiger partial charge in [0, 0.05) is 11.6 Å². The van der Waals surface area contributed by atoms with Crippen LogP contribution in [0.2, 0.25) is 0 Å². The summed E-state index contributed by atoms with van der Waals surface area (Å²) in [6.07, 6.45) is 5.43. The van der Waals surface area contributed by atoms with E-state index in [1.165, 1.54) is 18.6 Å². The molecule has 3 rings (SSSR count). The molecule has 1 aliphatic rings. The molecule has 0 unspecified atom stereocenters. The molecule has 6 heteroatoms. The van der Waals surface area contributed by atoms with Gasteiger partial charge in [-0.25, -0.2) is 8.42 Å². The second-order valence-electron chi connectivity index (χ2n) is 7.21. The fourth-order valence-electron chi connectivity index (χ4n) is 3.49. The Morgan fingerprint density at radius 3 is 2.26 bits per heavy atom. The number of hydrogen-bond acceptors (Lipinski definition) is 3. The van der Waals surface area contributed by atoms with Gasteiger partial charge in [0.1, 0.15) is 0 Å². The third-order valence-corrected chi connectivity index (χ3v) is 6.41. The predicted octanol–water partition coefficient (Wildman–Crippen LogP) is 4.17. The van der Waals surface area contributed by atoms with Crippen molar-refractivity contribution < 1.29 is 13.2 Å². The molecule has 1 fully saturated rings. The molecule has 144 valence electrons. The Labute approximate surface area is 161 Å². The molecule has 5 nitrogen and oxygen atoms in total. The molecule has 0 heterocycles. The van der Waals surface area contributed by atoms with Gasteiger partial charge in [-0.3, -0.25) is 9.52 Å². The highest BCUT2D eigenvalue weighted by atomic mass is 32.2. The van der Waals surface area contributed by atoms with Crippen molar-refractivity contribution >= 4 is 21.6 Å². The van der Waals surface area contributed by atoms with Crippen molar-refractivity contribution in [3.63, 3.8) is 0 Å². The average Bonchev–Trinajstić information content (AvgIpc) is 2.66. The van der Waals surface area contributed by atoms with Crippen molar-refractivity contribution in [3.05, 3.63) is 59.2 Å². The van der Waals surface area contributed by atoms with Gasteiger partial charge in [-0.15, -0.1) is 0 Å². The summed E-state index contributed by atoms with van der Waals surface area (Å²) in [6.45, 7) is 3.72. The van der Waals surface area contributed by atoms with Crippen molar-refractivity contribution in [2.24, 2.45) is 0 Å². The van der Waals surface area contributed by atoms with E-state index < -0.39 is 10.0 Å². The Morgan fingerprint density at radius 1 is 0.963 bits per heavy atom. The molecule has 2 aromatic rings. The standard InChI is InChI=1S/C21H26N2O3S/c1-15-8-6-9-16(2)20(15)23-27(25,26)19-13-7-10-17(14-19)21(24)22-18-11-4-3-5-12-18/h6-10,13-14,18,23H,3-5,11-12H2,1-2H3,(H,22,24). The lowest BCUT2D eigenvalue weighted by molar-refractivity contribution is 0.0927. The first kappa shape index (κ1) is 19.4. The molecule has 2 aromatic carbocycles. The van der Waals surface area contributed by atoms with Crippen LogP contribution in [-0.4, -0.2) is 20.4 Å². The molecular formula is C21H26N2O3S. The van der Waals surface area contributed by atoms with Crippen LogP contribution >= 0.6 is 0 Å². The zero-order valence-corrected chi connectivity index (χ0v) is 16.6. The van der Waals surface area contributed by atoms with Crippen LogP contribution in [0.15, 0.2) is 47.4 Å². The summed E-state index contributed by atoms with van der Waals surface area (Å²) in [4.78, 5) is 12.6. The molecule has 1 aliphatic carbocycles. The van der Waals surface area contributed by atoms with E-state index in [1.807, 2.05) is 32.0 Å². The molecule has 2 N–H and O–H groups in total. The summed E-state index contributed by atoms with van der Waals surface area (Å²) in [5, 5.41) is 3.03. The molecular weight excluding hydrogens is 360 g/mol. The maximum Gasteiger partial charge on any atom is 0.261 e. The van der Waals surface area contributed by atoms with E-state index in [0.717, 1.165) is 36.8 Å². The summed E-state index contributed by atoms with van der Waals surface area (Å²) >= 11 is 0. The van der Waals surface area contributed by atoms with Crippen LogP contribution in [0.4, 0.5) is 5.69 Å². The number of carbonyl (C=O) groups is 1. The van der Waals surface area contributed by atoms with Crippen molar-refractivity contribution in [2.45, 2.75) is 56.9 Å². The van der Waals surface area contributed by atoms with Crippen molar-refractivity contribution in [1.29, 1.82) is 0 Å². The Kier molecular flexibility index (Phi) is 5.85. The van der Waals surface area contributed by atoms with Gasteiger partial charge in [-0.05, 0) is 56.0 Å². The maximum atomic E-state index is 12.8. The van der Waals surface area contributed by atoms with Crippen molar-refractivity contribution in [3.8, 4) is 0 Å². The van der Waals surface area contributed by atoms with Crippen LogP contribution < -0.4 is 10.0 Å². The molecule has 1 amide bonds. The second kappa shape index (κ2) is 8.13. The summed E-state index contributed by atoms with van der Waals surface area (Å²) < 4.78 is 28.3. The summed E-state index contributed by atoms with van der Waals surface area (Å²) in [5.41, 5.74) is 2.65. The van der Waals surface area contributed by atoms with Crippen LogP contribution in [0.3, 0.4) is 0 Å². The van der Waals surface area contributed by atoms with Crippen LogP contribution in [-0.2, 0) is 10.0 Å². The number of para-hydroxylation sites is 1. The number of benzene rings is 2. The molecule has 1 saturated carbocycles. The Hall–Kier alpha value is -2.34. The van der Waals surface area contributed by atoms with Crippen LogP contribution in [0.1, 0.15) is 53.6 Å². The monoisotopic (exact) mass is 386 g/mol. The SMILES string of the molecule is Cc1cccc(C)c1NS(=O)(=O)c1cccc(C(=O)NC2CCCCC2)c1. The lowest BCUT2D eigenvalue weighted by Crippen LogP contribution is -2.36. The van der Waals surface area contributed by atoms with Gasteiger partial charge in [-0.1, -0.05) is 43.5 Å². The Morgan fingerprint density at radius 2 is 1.59 bits per heavy atom. The summed E-state index contributed by atoms with van der Waals surface area (Å²) in [6, 6.07) is 12.0. The molecule has 0 spiro atoms. The smallest absolute Gasteiger partial charge is 0.261 e. The van der Waals surface area contributed by atoms with Gasteiger partial charge >= 0.3 is 0 Å². The molecule has 0 bridgehead atoms. The number of anilines is 1. The average molecular weight is 387 g/mol. The zero-order valence-electron chi connectivity index (χ0n) is 15.8. The molecule has 0 atom stereocenters. The number of rotatable bonds is 5. The summed E-state index contributed by atoms with van der Waals surface area (Å²) in [7, 11) is -3.78. The van der Waals surface area contributed by atoms with Crippen molar-refractivity contribution in [2.75, 3.05) is 4.72 Å². The molecule has 0 radical (unpaired) electrons. The van der Waals surface area contributed by atoms with E-state index in [1.54, 1.807) is 12.1 Å². The third kappa shape index (κ3) is 4.69.